The second kappa shape index (κ2) is 8.03. The van der Waals surface area contributed by atoms with E-state index in [1.165, 1.54) is 32.4 Å². The third kappa shape index (κ3) is 3.28. The van der Waals surface area contributed by atoms with Crippen LogP contribution < -0.4 is 14.2 Å². The molecule has 1 aliphatic heterocycles. The minimum atomic E-state index is -1.15. The Balaban J connectivity index is 1.81. The first kappa shape index (κ1) is 21.4. The van der Waals surface area contributed by atoms with Crippen LogP contribution in [0.25, 0.3) is 22.4 Å². The fourth-order valence-corrected chi connectivity index (χ4v) is 4.23. The number of carboxylic acid groups (broad SMARTS) is 1. The molecule has 3 heterocycles. The Morgan fingerprint density at radius 3 is 2.44 bits per heavy atom. The zero-order chi connectivity index (χ0) is 23.0. The van der Waals surface area contributed by atoms with E-state index in [1.54, 1.807) is 25.3 Å². The molecule has 0 bridgehead atoms. The van der Waals surface area contributed by atoms with Crippen molar-refractivity contribution in [3.63, 3.8) is 0 Å². The maximum Gasteiger partial charge on any atom is 0.408 e. The number of H-pyrrole nitrogens is 1. The first-order chi connectivity index (χ1) is 15.3. The summed E-state index contributed by atoms with van der Waals surface area (Å²) in [6.45, 7) is 1.98. The van der Waals surface area contributed by atoms with E-state index in [9.17, 15) is 14.7 Å². The van der Waals surface area contributed by atoms with Crippen molar-refractivity contribution in [3.05, 3.63) is 30.1 Å². The van der Waals surface area contributed by atoms with Gasteiger partial charge in [0, 0.05) is 18.3 Å². The molecular formula is C22H24N4O6. The molecule has 3 aromatic rings. The number of nitrogens with one attached hydrogen (secondary N) is 1. The maximum atomic E-state index is 13.4. The molecule has 0 radical (unpaired) electrons. The fraction of sp³-hybridized carbons (Fsp3) is 0.364. The van der Waals surface area contributed by atoms with Crippen molar-refractivity contribution in [2.45, 2.75) is 25.3 Å². The Morgan fingerprint density at radius 2 is 1.84 bits per heavy atom. The summed E-state index contributed by atoms with van der Waals surface area (Å²) in [5.74, 6) is 1.07. The third-order valence-corrected chi connectivity index (χ3v) is 5.95. The average molecular weight is 440 g/mol. The van der Waals surface area contributed by atoms with Crippen LogP contribution in [0.5, 0.6) is 17.2 Å². The van der Waals surface area contributed by atoms with Gasteiger partial charge >= 0.3 is 6.09 Å². The Kier molecular flexibility index (Phi) is 5.37. The minimum Gasteiger partial charge on any atom is -0.493 e. The van der Waals surface area contributed by atoms with Crippen LogP contribution in [0.2, 0.25) is 0 Å². The van der Waals surface area contributed by atoms with E-state index in [4.69, 9.17) is 14.2 Å². The van der Waals surface area contributed by atoms with Gasteiger partial charge in [-0.1, -0.05) is 0 Å². The molecule has 32 heavy (non-hydrogen) atoms. The molecule has 10 nitrogen and oxygen atoms in total. The third-order valence-electron chi connectivity index (χ3n) is 5.95. The number of carbonyl (C=O) groups excluding carboxylic acids is 1. The van der Waals surface area contributed by atoms with Crippen molar-refractivity contribution in [3.8, 4) is 28.5 Å². The van der Waals surface area contributed by atoms with Gasteiger partial charge in [0.2, 0.25) is 5.75 Å². The van der Waals surface area contributed by atoms with E-state index in [2.05, 4.69) is 15.0 Å². The first-order valence-electron chi connectivity index (χ1n) is 10.0. The summed E-state index contributed by atoms with van der Waals surface area (Å²) in [6, 6.07) is 3.49. The van der Waals surface area contributed by atoms with Crippen LogP contribution in [-0.4, -0.2) is 70.2 Å². The van der Waals surface area contributed by atoms with Crippen LogP contribution in [0.15, 0.2) is 24.5 Å². The molecule has 4 rings (SSSR count). The van der Waals surface area contributed by atoms with Crippen LogP contribution in [0, 0.1) is 0 Å². The summed E-state index contributed by atoms with van der Waals surface area (Å²) in [7, 11) is 4.57. The summed E-state index contributed by atoms with van der Waals surface area (Å²) < 4.78 is 16.2. The molecule has 168 valence electrons. The number of ketones is 1. The highest BCUT2D eigenvalue weighted by Crippen LogP contribution is 2.41. The van der Waals surface area contributed by atoms with Crippen molar-refractivity contribution >= 4 is 23.0 Å². The largest absolute Gasteiger partial charge is 0.493 e. The standard InChI is InChI=1S/C22H24N4O6/c1-22(6-5-7-26(22)21(28)29)19(27)13-10-23-20-17(13)25-14(11-24-20)12-8-15(30-2)18(32-4)16(9-12)31-3/h8-11H,5-7H2,1-4H3,(H,23,24)(H,28,29). The number of likely N-dealkylation sites (tertiary alicyclic amines) is 1. The van der Waals surface area contributed by atoms with Crippen molar-refractivity contribution in [2.75, 3.05) is 27.9 Å². The van der Waals surface area contributed by atoms with Gasteiger partial charge in [0.15, 0.2) is 22.9 Å². The van der Waals surface area contributed by atoms with Gasteiger partial charge in [-0.25, -0.2) is 14.8 Å². The van der Waals surface area contributed by atoms with Crippen LogP contribution in [0.4, 0.5) is 4.79 Å². The molecule has 1 fully saturated rings. The van der Waals surface area contributed by atoms with Gasteiger partial charge in [-0.05, 0) is 31.9 Å². The van der Waals surface area contributed by atoms with E-state index in [0.29, 0.717) is 64.6 Å². The van der Waals surface area contributed by atoms with Gasteiger partial charge in [0.25, 0.3) is 0 Å². The predicted octanol–water partition coefficient (Wildman–Crippen LogP) is 3.37. The summed E-state index contributed by atoms with van der Waals surface area (Å²) in [6.07, 6.45) is 3.08. The molecule has 1 atom stereocenters. The lowest BCUT2D eigenvalue weighted by molar-refractivity contribution is 0.0683. The number of Topliss-reactive ketones (excluding diaryl/α,β-unsaturated/α-hetero) is 1. The van der Waals surface area contributed by atoms with Crippen molar-refractivity contribution < 1.29 is 28.9 Å². The molecule has 2 aromatic heterocycles. The molecule has 1 unspecified atom stereocenters. The molecule has 0 aliphatic carbocycles. The summed E-state index contributed by atoms with van der Waals surface area (Å²) in [4.78, 5) is 38.4. The lowest BCUT2D eigenvalue weighted by Gasteiger charge is -2.31. The quantitative estimate of drug-likeness (QED) is 0.559. The summed E-state index contributed by atoms with van der Waals surface area (Å²) >= 11 is 0. The number of benzene rings is 1. The highest BCUT2D eigenvalue weighted by Gasteiger charge is 2.46. The van der Waals surface area contributed by atoms with Crippen molar-refractivity contribution in [1.29, 1.82) is 0 Å². The Labute approximate surface area is 184 Å². The molecule has 1 amide bonds. The number of amides is 1. The highest BCUT2D eigenvalue weighted by atomic mass is 16.5. The zero-order valence-electron chi connectivity index (χ0n) is 18.3. The zero-order valence-corrected chi connectivity index (χ0v) is 18.3. The van der Waals surface area contributed by atoms with Crippen LogP contribution in [-0.2, 0) is 0 Å². The second-order valence-electron chi connectivity index (χ2n) is 7.71. The van der Waals surface area contributed by atoms with E-state index in [-0.39, 0.29) is 5.78 Å². The van der Waals surface area contributed by atoms with Gasteiger partial charge in [0.1, 0.15) is 11.1 Å². The number of nitrogens with zero attached hydrogens (tertiary/aromatic N) is 3. The van der Waals surface area contributed by atoms with Gasteiger partial charge in [-0.3, -0.25) is 9.69 Å². The molecule has 2 N–H and O–H groups in total. The number of fused-ring (bicyclic) bond motifs is 1. The van der Waals surface area contributed by atoms with E-state index in [1.807, 2.05) is 0 Å². The van der Waals surface area contributed by atoms with Gasteiger partial charge in [-0.15, -0.1) is 0 Å². The van der Waals surface area contributed by atoms with Crippen LogP contribution in [0.3, 0.4) is 0 Å². The summed E-state index contributed by atoms with van der Waals surface area (Å²) in [5.41, 5.74) is 1.13. The molecule has 0 saturated carbocycles. The molecule has 1 aliphatic rings. The second-order valence-corrected chi connectivity index (χ2v) is 7.71. The van der Waals surface area contributed by atoms with E-state index >= 15 is 0 Å². The van der Waals surface area contributed by atoms with Gasteiger partial charge in [0.05, 0.1) is 38.8 Å². The van der Waals surface area contributed by atoms with Gasteiger partial charge < -0.3 is 24.3 Å². The number of hydrogen-bond acceptors (Lipinski definition) is 7. The number of methoxy groups -OCH3 is 3. The molecule has 10 heteroatoms. The normalized spacial score (nSPS) is 18.1. The first-order valence-corrected chi connectivity index (χ1v) is 10.0. The Morgan fingerprint density at radius 1 is 1.16 bits per heavy atom. The SMILES string of the molecule is COc1cc(-c2cnc3[nH]cc(C(=O)C4(C)CCCN4C(=O)O)c3n2)cc(OC)c1OC. The molecular weight excluding hydrogens is 416 g/mol. The number of rotatable bonds is 6. The van der Waals surface area contributed by atoms with Crippen LogP contribution >= 0.6 is 0 Å². The maximum absolute atomic E-state index is 13.4. The fourth-order valence-electron chi connectivity index (χ4n) is 4.23. The lowest BCUT2D eigenvalue weighted by Crippen LogP contribution is -2.50. The van der Waals surface area contributed by atoms with Gasteiger partial charge in [-0.2, -0.15) is 0 Å². The Bertz CT molecular complexity index is 1180. The minimum absolute atomic E-state index is 0.303. The number of aromatic amines is 1. The van der Waals surface area contributed by atoms with Crippen molar-refractivity contribution in [2.24, 2.45) is 0 Å². The average Bonchev–Trinajstić information content (AvgIpc) is 3.41. The number of aromatic nitrogens is 3. The molecule has 1 saturated heterocycles. The predicted molar refractivity (Wildman–Crippen MR) is 116 cm³/mol. The number of ether oxygens (including phenoxy) is 3. The lowest BCUT2D eigenvalue weighted by atomic mass is 9.89. The number of carbonyl (C=O) groups is 2. The monoisotopic (exact) mass is 440 g/mol. The van der Waals surface area contributed by atoms with Crippen LogP contribution in [0.1, 0.15) is 30.1 Å². The van der Waals surface area contributed by atoms with E-state index < -0.39 is 11.6 Å². The molecule has 1 aromatic carbocycles. The summed E-state index contributed by atoms with van der Waals surface area (Å²) in [5, 5.41) is 9.55. The smallest absolute Gasteiger partial charge is 0.408 e. The Hall–Kier alpha value is -3.82. The number of hydrogen-bond donors (Lipinski definition) is 2. The van der Waals surface area contributed by atoms with Crippen molar-refractivity contribution in [1.82, 2.24) is 19.9 Å². The molecule has 0 spiro atoms. The topological polar surface area (TPSA) is 127 Å². The highest BCUT2D eigenvalue weighted by molar-refractivity contribution is 6.11. The van der Waals surface area contributed by atoms with E-state index in [0.717, 1.165) is 0 Å².